The van der Waals surface area contributed by atoms with Crippen molar-refractivity contribution in [1.82, 2.24) is 10.6 Å². The third-order valence-electron chi connectivity index (χ3n) is 1.22. The molecule has 0 spiro atoms. The van der Waals surface area contributed by atoms with E-state index in [4.69, 9.17) is 6.42 Å². The Morgan fingerprint density at radius 3 is 2.91 bits per heavy atom. The van der Waals surface area contributed by atoms with Crippen molar-refractivity contribution in [2.75, 3.05) is 20.1 Å². The Morgan fingerprint density at radius 1 is 1.64 bits per heavy atom. The summed E-state index contributed by atoms with van der Waals surface area (Å²) in [5, 5.41) is 5.55. The van der Waals surface area contributed by atoms with E-state index in [-0.39, 0.29) is 5.91 Å². The Hall–Kier alpha value is -1.01. The zero-order valence-corrected chi connectivity index (χ0v) is 6.81. The molecule has 11 heavy (non-hydrogen) atoms. The molecule has 3 heteroatoms. The highest BCUT2D eigenvalue weighted by Crippen LogP contribution is 1.85. The lowest BCUT2D eigenvalue weighted by Gasteiger charge is -1.99. The Bertz CT molecular complexity index is 149. The van der Waals surface area contributed by atoms with Gasteiger partial charge in [-0.05, 0) is 20.0 Å². The quantitative estimate of drug-likeness (QED) is 0.423. The van der Waals surface area contributed by atoms with Gasteiger partial charge in [0.1, 0.15) is 0 Å². The number of carbonyl (C=O) groups is 1. The molecular weight excluding hydrogens is 140 g/mol. The molecule has 0 saturated heterocycles. The van der Waals surface area contributed by atoms with Gasteiger partial charge >= 0.3 is 0 Å². The van der Waals surface area contributed by atoms with Crippen LogP contribution in [0.25, 0.3) is 0 Å². The van der Waals surface area contributed by atoms with Crippen LogP contribution in [0.1, 0.15) is 12.8 Å². The molecule has 0 aromatic rings. The lowest BCUT2D eigenvalue weighted by molar-refractivity contribution is -0.120. The van der Waals surface area contributed by atoms with E-state index in [1.165, 1.54) is 0 Å². The van der Waals surface area contributed by atoms with Gasteiger partial charge in [-0.3, -0.25) is 4.79 Å². The highest BCUT2D eigenvalue weighted by molar-refractivity contribution is 5.76. The summed E-state index contributed by atoms with van der Waals surface area (Å²) in [6.07, 6.45) is 6.35. The molecular formula is C8H14N2O. The maximum atomic E-state index is 10.8. The summed E-state index contributed by atoms with van der Waals surface area (Å²) < 4.78 is 0. The molecule has 0 bridgehead atoms. The summed E-state index contributed by atoms with van der Waals surface area (Å²) in [6, 6.07) is 0. The summed E-state index contributed by atoms with van der Waals surface area (Å²) >= 11 is 0. The summed E-state index contributed by atoms with van der Waals surface area (Å²) in [7, 11) is 1.86. The molecule has 0 aromatic carbocycles. The van der Waals surface area contributed by atoms with E-state index in [1.54, 1.807) is 0 Å². The summed E-state index contributed by atoms with van der Waals surface area (Å²) in [6.45, 7) is 1.20. The second kappa shape index (κ2) is 7.10. The fraction of sp³-hybridized carbons (Fsp3) is 0.625. The van der Waals surface area contributed by atoms with Gasteiger partial charge in [-0.25, -0.2) is 0 Å². The van der Waals surface area contributed by atoms with Crippen LogP contribution in [-0.4, -0.2) is 26.0 Å². The minimum Gasteiger partial charge on any atom is -0.345 e. The van der Waals surface area contributed by atoms with Crippen molar-refractivity contribution in [3.05, 3.63) is 0 Å². The molecule has 0 aliphatic carbocycles. The van der Waals surface area contributed by atoms with E-state index in [1.807, 2.05) is 7.05 Å². The number of amides is 1. The molecule has 0 fully saturated rings. The van der Waals surface area contributed by atoms with E-state index in [0.29, 0.717) is 13.0 Å². The van der Waals surface area contributed by atoms with Crippen LogP contribution >= 0.6 is 0 Å². The molecule has 0 aliphatic rings. The summed E-state index contributed by atoms with van der Waals surface area (Å²) in [4.78, 5) is 10.8. The van der Waals surface area contributed by atoms with Crippen molar-refractivity contribution in [2.45, 2.75) is 12.8 Å². The predicted octanol–water partition coefficient (Wildman–Crippen LogP) is -0.265. The molecule has 0 aromatic heterocycles. The molecule has 0 heterocycles. The van der Waals surface area contributed by atoms with Gasteiger partial charge in [0, 0.05) is 6.42 Å². The highest BCUT2D eigenvalue weighted by Gasteiger charge is 1.96. The average Bonchev–Trinajstić information content (AvgIpc) is 2.01. The molecule has 1 amide bonds. The molecule has 3 nitrogen and oxygen atoms in total. The van der Waals surface area contributed by atoms with Crippen LogP contribution in [0.2, 0.25) is 0 Å². The lowest BCUT2D eigenvalue weighted by Crippen LogP contribution is -2.24. The molecule has 0 radical (unpaired) electrons. The van der Waals surface area contributed by atoms with Crippen molar-refractivity contribution in [3.8, 4) is 12.3 Å². The number of hydrogen-bond acceptors (Lipinski definition) is 2. The van der Waals surface area contributed by atoms with Crippen molar-refractivity contribution >= 4 is 5.91 Å². The first-order valence-corrected chi connectivity index (χ1v) is 3.66. The number of hydrogen-bond donors (Lipinski definition) is 2. The normalized spacial score (nSPS) is 8.73. The van der Waals surface area contributed by atoms with Crippen LogP contribution in [0.4, 0.5) is 0 Å². The summed E-state index contributed by atoms with van der Waals surface area (Å²) in [5.74, 6) is 2.37. The average molecular weight is 154 g/mol. The molecule has 0 unspecified atom stereocenters. The maximum absolute atomic E-state index is 10.8. The number of terminal acetylenes is 1. The first-order valence-electron chi connectivity index (χ1n) is 3.66. The van der Waals surface area contributed by atoms with Crippen molar-refractivity contribution in [3.63, 3.8) is 0 Å². The molecule has 0 aliphatic heterocycles. The van der Waals surface area contributed by atoms with Crippen LogP contribution in [-0.2, 0) is 4.79 Å². The number of nitrogens with one attached hydrogen (secondary N) is 2. The third kappa shape index (κ3) is 6.88. The monoisotopic (exact) mass is 154 g/mol. The van der Waals surface area contributed by atoms with E-state index in [9.17, 15) is 4.79 Å². The van der Waals surface area contributed by atoms with Crippen LogP contribution in [0.15, 0.2) is 0 Å². The van der Waals surface area contributed by atoms with Crippen molar-refractivity contribution in [2.24, 2.45) is 0 Å². The fourth-order valence-electron chi connectivity index (χ4n) is 0.664. The molecule has 0 atom stereocenters. The molecule has 0 rings (SSSR count). The third-order valence-corrected chi connectivity index (χ3v) is 1.22. The van der Waals surface area contributed by atoms with Gasteiger partial charge in [0.2, 0.25) is 5.91 Å². The zero-order chi connectivity index (χ0) is 8.53. The molecule has 2 N–H and O–H groups in total. The van der Waals surface area contributed by atoms with Crippen LogP contribution in [0, 0.1) is 12.3 Å². The second-order valence-electron chi connectivity index (χ2n) is 2.19. The lowest BCUT2D eigenvalue weighted by atomic mass is 10.3. The maximum Gasteiger partial charge on any atom is 0.220 e. The van der Waals surface area contributed by atoms with Crippen LogP contribution in [0.3, 0.4) is 0 Å². The molecule has 0 saturated carbocycles. The summed E-state index contributed by atoms with van der Waals surface area (Å²) in [5.41, 5.74) is 0. The molecule has 62 valence electrons. The first kappa shape index (κ1) is 9.99. The van der Waals surface area contributed by atoms with Gasteiger partial charge < -0.3 is 10.6 Å². The second-order valence-corrected chi connectivity index (χ2v) is 2.19. The first-order chi connectivity index (χ1) is 5.31. The van der Waals surface area contributed by atoms with E-state index in [2.05, 4.69) is 16.6 Å². The highest BCUT2D eigenvalue weighted by atomic mass is 16.1. The van der Waals surface area contributed by atoms with Crippen LogP contribution in [0.5, 0.6) is 0 Å². The predicted molar refractivity (Wildman–Crippen MR) is 45.0 cm³/mol. The standard InChI is InChI=1S/C8H14N2O/c1-3-6-10-8(11)5-4-7-9-2/h1,9H,4-7H2,2H3,(H,10,11). The van der Waals surface area contributed by atoms with Gasteiger partial charge in [0.25, 0.3) is 0 Å². The number of carbonyl (C=O) groups excluding carboxylic acids is 1. The Morgan fingerprint density at radius 2 is 2.36 bits per heavy atom. The number of rotatable bonds is 5. The van der Waals surface area contributed by atoms with Crippen LogP contribution < -0.4 is 10.6 Å². The van der Waals surface area contributed by atoms with Crippen molar-refractivity contribution in [1.29, 1.82) is 0 Å². The van der Waals surface area contributed by atoms with E-state index >= 15 is 0 Å². The van der Waals surface area contributed by atoms with E-state index < -0.39 is 0 Å². The Kier molecular flexibility index (Phi) is 6.45. The van der Waals surface area contributed by atoms with Crippen molar-refractivity contribution < 1.29 is 4.79 Å². The largest absolute Gasteiger partial charge is 0.345 e. The minimum atomic E-state index is 0.0261. The van der Waals surface area contributed by atoms with Gasteiger partial charge in [0.05, 0.1) is 6.54 Å². The Labute approximate surface area is 67.6 Å². The topological polar surface area (TPSA) is 41.1 Å². The van der Waals surface area contributed by atoms with Gasteiger partial charge in [0.15, 0.2) is 0 Å². The van der Waals surface area contributed by atoms with Gasteiger partial charge in [-0.15, -0.1) is 6.42 Å². The van der Waals surface area contributed by atoms with Gasteiger partial charge in [-0.1, -0.05) is 5.92 Å². The van der Waals surface area contributed by atoms with E-state index in [0.717, 1.165) is 13.0 Å². The Balaban J connectivity index is 3.17. The minimum absolute atomic E-state index is 0.0261. The SMILES string of the molecule is C#CCNC(=O)CCCNC. The smallest absolute Gasteiger partial charge is 0.220 e. The zero-order valence-electron chi connectivity index (χ0n) is 6.81. The fourth-order valence-corrected chi connectivity index (χ4v) is 0.664. The van der Waals surface area contributed by atoms with Gasteiger partial charge in [-0.2, -0.15) is 0 Å².